The number of hydrogen-bond donors (Lipinski definition) is 2. The Bertz CT molecular complexity index is 961. The van der Waals surface area contributed by atoms with E-state index < -0.39 is 18.5 Å². The first-order valence-electron chi connectivity index (χ1n) is 7.94. The molecular formula is C20H17IN2O4. The molecule has 0 aliphatic carbocycles. The maximum atomic E-state index is 12.4. The highest BCUT2D eigenvalue weighted by Crippen LogP contribution is 2.24. The first-order valence-corrected chi connectivity index (χ1v) is 9.02. The zero-order valence-corrected chi connectivity index (χ0v) is 16.9. The number of aliphatic carboxylic acids is 1. The highest BCUT2D eigenvalue weighted by atomic mass is 127. The summed E-state index contributed by atoms with van der Waals surface area (Å²) in [5, 5.41) is 20.8. The molecule has 7 heteroatoms. The third-order valence-electron chi connectivity index (χ3n) is 3.61. The van der Waals surface area contributed by atoms with Gasteiger partial charge < -0.3 is 15.2 Å². The molecular weight excluding hydrogens is 459 g/mol. The minimum atomic E-state index is -1.07. The van der Waals surface area contributed by atoms with Crippen molar-refractivity contribution >= 4 is 46.2 Å². The van der Waals surface area contributed by atoms with Gasteiger partial charge in [0.05, 0.1) is 3.57 Å². The van der Waals surface area contributed by atoms with Crippen molar-refractivity contribution in [2.24, 2.45) is 0 Å². The summed E-state index contributed by atoms with van der Waals surface area (Å²) < 4.78 is 5.84. The van der Waals surface area contributed by atoms with Crippen LogP contribution < -0.4 is 10.1 Å². The van der Waals surface area contributed by atoms with Gasteiger partial charge in [0.25, 0.3) is 5.91 Å². The molecule has 2 rings (SSSR count). The largest absolute Gasteiger partial charge is 0.481 e. The number of nitrogens with one attached hydrogen (secondary N) is 1. The normalized spacial score (nSPS) is 10.8. The van der Waals surface area contributed by atoms with Crippen molar-refractivity contribution in [1.82, 2.24) is 0 Å². The summed E-state index contributed by atoms with van der Waals surface area (Å²) in [5.74, 6) is -1.14. The maximum Gasteiger partial charge on any atom is 0.341 e. The van der Waals surface area contributed by atoms with E-state index in [2.05, 4.69) is 5.32 Å². The van der Waals surface area contributed by atoms with Gasteiger partial charge in [0.2, 0.25) is 0 Å². The molecule has 0 saturated heterocycles. The lowest BCUT2D eigenvalue weighted by molar-refractivity contribution is -0.139. The van der Waals surface area contributed by atoms with Crippen LogP contribution in [0.2, 0.25) is 0 Å². The number of hydrogen-bond acceptors (Lipinski definition) is 4. The number of ether oxygens (including phenoxy) is 1. The third kappa shape index (κ3) is 5.82. The molecule has 27 heavy (non-hydrogen) atoms. The van der Waals surface area contributed by atoms with Crippen LogP contribution in [0.3, 0.4) is 0 Å². The third-order valence-corrected chi connectivity index (χ3v) is 4.46. The number of amides is 1. The molecule has 0 unspecified atom stereocenters. The van der Waals surface area contributed by atoms with Gasteiger partial charge in [0.1, 0.15) is 17.4 Å². The van der Waals surface area contributed by atoms with Gasteiger partial charge in [-0.3, -0.25) is 4.79 Å². The number of nitriles is 1. The summed E-state index contributed by atoms with van der Waals surface area (Å²) in [4.78, 5) is 23.0. The fourth-order valence-electron chi connectivity index (χ4n) is 2.32. The SMILES string of the molecule is Cc1ccc(NC(=O)/C(C#N)=C/c2ccc(OCC(=O)O)c(I)c2)c(C)c1. The zero-order valence-electron chi connectivity index (χ0n) is 14.7. The molecule has 2 aromatic carbocycles. The molecule has 0 heterocycles. The number of carbonyl (C=O) groups excluding carboxylic acids is 1. The van der Waals surface area contributed by atoms with Crippen LogP contribution in [0.4, 0.5) is 5.69 Å². The highest BCUT2D eigenvalue weighted by molar-refractivity contribution is 14.1. The van der Waals surface area contributed by atoms with Crippen molar-refractivity contribution in [3.63, 3.8) is 0 Å². The van der Waals surface area contributed by atoms with E-state index >= 15 is 0 Å². The van der Waals surface area contributed by atoms with E-state index in [1.165, 1.54) is 6.08 Å². The Hall–Kier alpha value is -2.86. The summed E-state index contributed by atoms with van der Waals surface area (Å²) in [7, 11) is 0. The molecule has 0 radical (unpaired) electrons. The van der Waals surface area contributed by atoms with Crippen molar-refractivity contribution in [1.29, 1.82) is 5.26 Å². The van der Waals surface area contributed by atoms with Crippen molar-refractivity contribution in [3.05, 3.63) is 62.2 Å². The molecule has 2 aromatic rings. The predicted octanol–water partition coefficient (Wildman–Crippen LogP) is 3.92. The quantitative estimate of drug-likeness (QED) is 0.374. The summed E-state index contributed by atoms with van der Waals surface area (Å²) >= 11 is 2.00. The number of benzene rings is 2. The highest BCUT2D eigenvalue weighted by Gasteiger charge is 2.12. The molecule has 0 fully saturated rings. The minimum Gasteiger partial charge on any atom is -0.481 e. The van der Waals surface area contributed by atoms with Gasteiger partial charge in [0, 0.05) is 5.69 Å². The Morgan fingerprint density at radius 2 is 2.00 bits per heavy atom. The number of carbonyl (C=O) groups is 2. The Labute approximate surface area is 170 Å². The van der Waals surface area contributed by atoms with E-state index in [4.69, 9.17) is 9.84 Å². The summed E-state index contributed by atoms with van der Waals surface area (Å²) in [6, 6.07) is 12.5. The average Bonchev–Trinajstić information content (AvgIpc) is 2.61. The van der Waals surface area contributed by atoms with Crippen LogP contribution in [-0.2, 0) is 9.59 Å². The van der Waals surface area contributed by atoms with Crippen LogP contribution in [0.5, 0.6) is 5.75 Å². The monoisotopic (exact) mass is 476 g/mol. The smallest absolute Gasteiger partial charge is 0.341 e. The predicted molar refractivity (Wildman–Crippen MR) is 110 cm³/mol. The van der Waals surface area contributed by atoms with Crippen LogP contribution >= 0.6 is 22.6 Å². The minimum absolute atomic E-state index is 0.0371. The number of rotatable bonds is 6. The molecule has 0 spiro atoms. The van der Waals surface area contributed by atoms with Crippen LogP contribution in [0, 0.1) is 28.7 Å². The van der Waals surface area contributed by atoms with Gasteiger partial charge in [-0.2, -0.15) is 5.26 Å². The first kappa shape index (κ1) is 20.5. The summed E-state index contributed by atoms with van der Waals surface area (Å²) in [6.07, 6.45) is 1.47. The first-order chi connectivity index (χ1) is 12.8. The van der Waals surface area contributed by atoms with Gasteiger partial charge in [-0.1, -0.05) is 23.8 Å². The Morgan fingerprint density at radius 3 is 2.59 bits per heavy atom. The van der Waals surface area contributed by atoms with Crippen molar-refractivity contribution in [2.75, 3.05) is 11.9 Å². The van der Waals surface area contributed by atoms with E-state index in [9.17, 15) is 14.9 Å². The Morgan fingerprint density at radius 1 is 1.26 bits per heavy atom. The standard InChI is InChI=1S/C20H17IN2O4/c1-12-3-5-17(13(2)7-12)23-20(26)15(10-22)8-14-4-6-18(16(21)9-14)27-11-19(24)25/h3-9H,11H2,1-2H3,(H,23,26)(H,24,25)/b15-8+. The lowest BCUT2D eigenvalue weighted by atomic mass is 10.1. The second-order valence-electron chi connectivity index (χ2n) is 5.81. The topological polar surface area (TPSA) is 99.4 Å². The van der Waals surface area contributed by atoms with Crippen molar-refractivity contribution in [3.8, 4) is 11.8 Å². The molecule has 0 bridgehead atoms. The van der Waals surface area contributed by atoms with Crippen molar-refractivity contribution < 1.29 is 19.4 Å². The van der Waals surface area contributed by atoms with Crippen LogP contribution in [0.15, 0.2) is 42.0 Å². The molecule has 6 nitrogen and oxygen atoms in total. The van der Waals surface area contributed by atoms with E-state index in [0.717, 1.165) is 11.1 Å². The van der Waals surface area contributed by atoms with Crippen LogP contribution in [-0.4, -0.2) is 23.6 Å². The Kier molecular flexibility index (Phi) is 6.96. The summed E-state index contributed by atoms with van der Waals surface area (Å²) in [5.41, 5.74) is 3.24. The number of nitrogens with zero attached hydrogens (tertiary/aromatic N) is 1. The fraction of sp³-hybridized carbons (Fsp3) is 0.150. The molecule has 0 saturated carbocycles. The molecule has 0 atom stereocenters. The molecule has 0 aliphatic heterocycles. The molecule has 0 aliphatic rings. The lowest BCUT2D eigenvalue weighted by Crippen LogP contribution is -2.14. The van der Waals surface area contributed by atoms with Crippen LogP contribution in [0.1, 0.15) is 16.7 Å². The van der Waals surface area contributed by atoms with E-state index in [-0.39, 0.29) is 5.57 Å². The lowest BCUT2D eigenvalue weighted by Gasteiger charge is -2.09. The van der Waals surface area contributed by atoms with Gasteiger partial charge in [-0.15, -0.1) is 0 Å². The molecule has 1 amide bonds. The summed E-state index contributed by atoms with van der Waals surface area (Å²) in [6.45, 7) is 3.41. The number of anilines is 1. The molecule has 138 valence electrons. The van der Waals surface area contributed by atoms with Gasteiger partial charge in [0.15, 0.2) is 6.61 Å². The van der Waals surface area contributed by atoms with Gasteiger partial charge >= 0.3 is 5.97 Å². The average molecular weight is 476 g/mol. The van der Waals surface area contributed by atoms with Gasteiger partial charge in [-0.25, -0.2) is 4.79 Å². The number of aryl methyl sites for hydroxylation is 2. The number of carboxylic acid groups (broad SMARTS) is 1. The van der Waals surface area contributed by atoms with Crippen molar-refractivity contribution in [2.45, 2.75) is 13.8 Å². The second kappa shape index (κ2) is 9.19. The van der Waals surface area contributed by atoms with Gasteiger partial charge in [-0.05, 0) is 71.8 Å². The fourth-order valence-corrected chi connectivity index (χ4v) is 3.02. The zero-order chi connectivity index (χ0) is 20.0. The molecule has 2 N–H and O–H groups in total. The Balaban J connectivity index is 2.19. The molecule has 0 aromatic heterocycles. The van der Waals surface area contributed by atoms with E-state index in [0.29, 0.717) is 20.6 Å². The van der Waals surface area contributed by atoms with E-state index in [1.54, 1.807) is 24.3 Å². The second-order valence-corrected chi connectivity index (χ2v) is 6.98. The maximum absolute atomic E-state index is 12.4. The number of halogens is 1. The number of carboxylic acids is 1. The van der Waals surface area contributed by atoms with E-state index in [1.807, 2.05) is 54.6 Å². The van der Waals surface area contributed by atoms with Crippen LogP contribution in [0.25, 0.3) is 6.08 Å².